The van der Waals surface area contributed by atoms with E-state index >= 15 is 0 Å². The van der Waals surface area contributed by atoms with E-state index in [9.17, 15) is 12.8 Å². The Bertz CT molecular complexity index is 1160. The SMILES string of the molecule is N#Cc1ccc(CN(Cc2ccc(Cl)cc2F)S(=O)(=O)c2ccc(Cl)cc2)cc1. The first-order valence-corrected chi connectivity index (χ1v) is 10.7. The Hall–Kier alpha value is -2.43. The van der Waals surface area contributed by atoms with Crippen LogP contribution in [0.15, 0.2) is 71.6 Å². The molecule has 0 aliphatic rings. The number of benzene rings is 3. The van der Waals surface area contributed by atoms with Crippen LogP contribution in [0.3, 0.4) is 0 Å². The van der Waals surface area contributed by atoms with Crippen molar-refractivity contribution in [2.75, 3.05) is 0 Å². The Balaban J connectivity index is 1.99. The molecular formula is C21H15Cl2FN2O2S. The summed E-state index contributed by atoms with van der Waals surface area (Å²) in [6, 6.07) is 18.4. The van der Waals surface area contributed by atoms with Crippen LogP contribution in [0.1, 0.15) is 16.7 Å². The average molecular weight is 449 g/mol. The third-order valence-electron chi connectivity index (χ3n) is 4.26. The highest BCUT2D eigenvalue weighted by atomic mass is 35.5. The fourth-order valence-electron chi connectivity index (χ4n) is 2.71. The summed E-state index contributed by atoms with van der Waals surface area (Å²) in [5.74, 6) is -0.589. The molecule has 0 fully saturated rings. The van der Waals surface area contributed by atoms with Gasteiger partial charge in [-0.25, -0.2) is 12.8 Å². The number of hydrogen-bond donors (Lipinski definition) is 0. The van der Waals surface area contributed by atoms with Crippen LogP contribution >= 0.6 is 23.2 Å². The van der Waals surface area contributed by atoms with Crippen molar-refractivity contribution in [3.05, 3.63) is 99.3 Å². The third kappa shape index (κ3) is 5.14. The normalized spacial score (nSPS) is 11.4. The Morgan fingerprint density at radius 3 is 2.10 bits per heavy atom. The molecule has 0 unspecified atom stereocenters. The van der Waals surface area contributed by atoms with Crippen molar-refractivity contribution >= 4 is 33.2 Å². The van der Waals surface area contributed by atoms with Gasteiger partial charge in [0, 0.05) is 28.7 Å². The largest absolute Gasteiger partial charge is 0.243 e. The molecule has 0 amide bonds. The lowest BCUT2D eigenvalue weighted by molar-refractivity contribution is 0.394. The van der Waals surface area contributed by atoms with Gasteiger partial charge in [0.1, 0.15) is 5.82 Å². The lowest BCUT2D eigenvalue weighted by Crippen LogP contribution is -2.30. The third-order valence-corrected chi connectivity index (χ3v) is 6.55. The van der Waals surface area contributed by atoms with Gasteiger partial charge in [-0.05, 0) is 54.1 Å². The van der Waals surface area contributed by atoms with Gasteiger partial charge >= 0.3 is 0 Å². The van der Waals surface area contributed by atoms with Crippen LogP contribution in [0.2, 0.25) is 10.0 Å². The average Bonchev–Trinajstić information content (AvgIpc) is 2.70. The summed E-state index contributed by atoms with van der Waals surface area (Å²) in [6.45, 7) is -0.188. The smallest absolute Gasteiger partial charge is 0.207 e. The van der Waals surface area contributed by atoms with Crippen LogP contribution in [0.4, 0.5) is 4.39 Å². The van der Waals surface area contributed by atoms with E-state index in [2.05, 4.69) is 0 Å². The first kappa shape index (κ1) is 21.3. The van der Waals surface area contributed by atoms with E-state index in [1.165, 1.54) is 40.7 Å². The van der Waals surface area contributed by atoms with Crippen molar-refractivity contribution < 1.29 is 12.8 Å². The second-order valence-corrected chi connectivity index (χ2v) is 9.08. The predicted molar refractivity (Wildman–Crippen MR) is 110 cm³/mol. The van der Waals surface area contributed by atoms with Crippen LogP contribution in [0.25, 0.3) is 0 Å². The Morgan fingerprint density at radius 2 is 1.52 bits per heavy atom. The van der Waals surface area contributed by atoms with Gasteiger partial charge in [0.05, 0.1) is 16.5 Å². The van der Waals surface area contributed by atoms with E-state index in [0.717, 1.165) is 6.07 Å². The lowest BCUT2D eigenvalue weighted by Gasteiger charge is -2.23. The molecule has 0 spiro atoms. The molecule has 3 rings (SSSR count). The fraction of sp³-hybridized carbons (Fsp3) is 0.0952. The van der Waals surface area contributed by atoms with Crippen molar-refractivity contribution in [2.45, 2.75) is 18.0 Å². The topological polar surface area (TPSA) is 61.2 Å². The zero-order valence-corrected chi connectivity index (χ0v) is 17.3. The number of hydrogen-bond acceptors (Lipinski definition) is 3. The summed E-state index contributed by atoms with van der Waals surface area (Å²) in [6.07, 6.45) is 0. The van der Waals surface area contributed by atoms with Gasteiger partial charge in [-0.2, -0.15) is 9.57 Å². The highest BCUT2D eigenvalue weighted by molar-refractivity contribution is 7.89. The standard InChI is InChI=1S/C21H15Cl2FN2O2S/c22-18-7-9-20(10-8-18)29(27,28)26(13-16-3-1-15(12-25)2-4-16)14-17-5-6-19(23)11-21(17)24/h1-11H,13-14H2. The van der Waals surface area contributed by atoms with Crippen LogP contribution < -0.4 is 0 Å². The van der Waals surface area contributed by atoms with Gasteiger partial charge in [0.25, 0.3) is 0 Å². The molecule has 3 aromatic rings. The van der Waals surface area contributed by atoms with Crippen molar-refractivity contribution in [3.8, 4) is 6.07 Å². The minimum atomic E-state index is -3.95. The minimum Gasteiger partial charge on any atom is -0.207 e. The molecule has 0 radical (unpaired) electrons. The van der Waals surface area contributed by atoms with E-state index in [4.69, 9.17) is 28.5 Å². The zero-order valence-electron chi connectivity index (χ0n) is 15.0. The summed E-state index contributed by atoms with van der Waals surface area (Å²) in [5, 5.41) is 9.57. The molecule has 0 N–H and O–H groups in total. The van der Waals surface area contributed by atoms with Crippen molar-refractivity contribution in [1.82, 2.24) is 4.31 Å². The molecule has 3 aromatic carbocycles. The van der Waals surface area contributed by atoms with Crippen LogP contribution in [-0.4, -0.2) is 12.7 Å². The fourth-order valence-corrected chi connectivity index (χ4v) is 4.40. The minimum absolute atomic E-state index is 0.00126. The molecule has 0 aromatic heterocycles. The Morgan fingerprint density at radius 1 is 0.897 bits per heavy atom. The second kappa shape index (κ2) is 8.93. The first-order valence-electron chi connectivity index (χ1n) is 8.48. The number of nitrogens with zero attached hydrogens (tertiary/aromatic N) is 2. The van der Waals surface area contributed by atoms with E-state index in [0.29, 0.717) is 16.1 Å². The Kier molecular flexibility index (Phi) is 6.56. The highest BCUT2D eigenvalue weighted by Crippen LogP contribution is 2.24. The van der Waals surface area contributed by atoms with Gasteiger partial charge in [-0.1, -0.05) is 41.4 Å². The summed E-state index contributed by atoms with van der Waals surface area (Å²) in [4.78, 5) is 0.0462. The molecule has 4 nitrogen and oxygen atoms in total. The van der Waals surface area contributed by atoms with Gasteiger partial charge in [-0.3, -0.25) is 0 Å². The summed E-state index contributed by atoms with van der Waals surface area (Å²) in [7, 11) is -3.95. The maximum absolute atomic E-state index is 14.3. The van der Waals surface area contributed by atoms with E-state index in [1.54, 1.807) is 24.3 Å². The van der Waals surface area contributed by atoms with E-state index in [-0.39, 0.29) is 28.6 Å². The maximum Gasteiger partial charge on any atom is 0.243 e. The summed E-state index contributed by atoms with van der Waals surface area (Å²) in [5.41, 5.74) is 1.32. The van der Waals surface area contributed by atoms with Crippen LogP contribution in [0, 0.1) is 17.1 Å². The molecule has 148 valence electrons. The molecule has 0 atom stereocenters. The quantitative estimate of drug-likeness (QED) is 0.507. The van der Waals surface area contributed by atoms with Gasteiger partial charge in [0.15, 0.2) is 0 Å². The van der Waals surface area contributed by atoms with Crippen LogP contribution in [-0.2, 0) is 23.1 Å². The summed E-state index contributed by atoms with van der Waals surface area (Å²) < 4.78 is 42.0. The monoisotopic (exact) mass is 448 g/mol. The van der Waals surface area contributed by atoms with Crippen LogP contribution in [0.5, 0.6) is 0 Å². The first-order chi connectivity index (χ1) is 13.8. The maximum atomic E-state index is 14.3. The van der Waals surface area contributed by atoms with Gasteiger partial charge in [0.2, 0.25) is 10.0 Å². The van der Waals surface area contributed by atoms with Crippen molar-refractivity contribution in [3.63, 3.8) is 0 Å². The lowest BCUT2D eigenvalue weighted by atomic mass is 10.1. The zero-order chi connectivity index (χ0) is 21.0. The predicted octanol–water partition coefficient (Wildman–Crippen LogP) is 5.40. The number of nitriles is 1. The number of sulfonamides is 1. The number of halogens is 3. The molecule has 0 saturated heterocycles. The van der Waals surface area contributed by atoms with Crippen molar-refractivity contribution in [1.29, 1.82) is 5.26 Å². The second-order valence-electron chi connectivity index (χ2n) is 6.27. The van der Waals surface area contributed by atoms with E-state index in [1.807, 2.05) is 6.07 Å². The molecule has 29 heavy (non-hydrogen) atoms. The Labute approximate surface area is 178 Å². The molecule has 0 aliphatic carbocycles. The summed E-state index contributed by atoms with van der Waals surface area (Å²) >= 11 is 11.7. The molecule has 0 saturated carbocycles. The molecule has 0 heterocycles. The molecule has 0 aliphatic heterocycles. The molecule has 0 bridgehead atoms. The highest BCUT2D eigenvalue weighted by Gasteiger charge is 2.26. The van der Waals surface area contributed by atoms with Gasteiger partial charge in [-0.15, -0.1) is 0 Å². The molecule has 8 heteroatoms. The number of rotatable bonds is 6. The van der Waals surface area contributed by atoms with E-state index < -0.39 is 15.8 Å². The van der Waals surface area contributed by atoms with Gasteiger partial charge < -0.3 is 0 Å². The van der Waals surface area contributed by atoms with Crippen molar-refractivity contribution in [2.24, 2.45) is 0 Å². The molecular weight excluding hydrogens is 434 g/mol.